The lowest BCUT2D eigenvalue weighted by Gasteiger charge is -2.33. The van der Waals surface area contributed by atoms with Crippen molar-refractivity contribution >= 4 is 23.2 Å². The maximum atomic E-state index is 12.3. The molecule has 0 saturated carbocycles. The Morgan fingerprint density at radius 2 is 2.26 bits per heavy atom. The number of carbonyl (C=O) groups excluding carboxylic acids is 1. The van der Waals surface area contributed by atoms with Gasteiger partial charge in [0.2, 0.25) is 5.91 Å². The Labute approximate surface area is 141 Å². The number of halogens is 1. The summed E-state index contributed by atoms with van der Waals surface area (Å²) < 4.78 is 1.80. The molecule has 1 amide bonds. The molecular formula is C17H21ClN4O. The number of piperidine rings is 1. The largest absolute Gasteiger partial charge is 0.367 e. The van der Waals surface area contributed by atoms with E-state index in [0.717, 1.165) is 37.2 Å². The molecule has 1 saturated heterocycles. The molecule has 6 heteroatoms. The highest BCUT2D eigenvalue weighted by Gasteiger charge is 2.22. The molecule has 5 nitrogen and oxygen atoms in total. The van der Waals surface area contributed by atoms with Crippen LogP contribution in [0.2, 0.25) is 5.02 Å². The van der Waals surface area contributed by atoms with E-state index in [2.05, 4.69) is 15.3 Å². The van der Waals surface area contributed by atoms with E-state index in [-0.39, 0.29) is 11.9 Å². The number of hydrogen-bond acceptors (Lipinski definition) is 3. The number of aryl methyl sites for hydroxylation is 1. The van der Waals surface area contributed by atoms with E-state index >= 15 is 0 Å². The van der Waals surface area contributed by atoms with Crippen LogP contribution in [0.1, 0.15) is 18.4 Å². The first-order valence-corrected chi connectivity index (χ1v) is 8.26. The van der Waals surface area contributed by atoms with E-state index in [4.69, 9.17) is 11.6 Å². The lowest BCUT2D eigenvalue weighted by Crippen LogP contribution is -2.48. The molecule has 3 rings (SSSR count). The number of nitrogens with one attached hydrogen (secondary N) is 1. The quantitative estimate of drug-likeness (QED) is 0.935. The predicted molar refractivity (Wildman–Crippen MR) is 91.7 cm³/mol. The van der Waals surface area contributed by atoms with Crippen molar-refractivity contribution in [3.8, 4) is 0 Å². The molecule has 1 N–H and O–H groups in total. The summed E-state index contributed by atoms with van der Waals surface area (Å²) in [5.74, 6) is 0.0242. The van der Waals surface area contributed by atoms with Crippen LogP contribution in [0.4, 0.5) is 5.69 Å². The minimum atomic E-state index is 0.0242. The highest BCUT2D eigenvalue weighted by atomic mass is 35.5. The Kier molecular flexibility index (Phi) is 4.86. The fourth-order valence-corrected chi connectivity index (χ4v) is 3.20. The minimum absolute atomic E-state index is 0.0242. The number of hydrogen-bond donors (Lipinski definition) is 1. The first-order valence-electron chi connectivity index (χ1n) is 7.88. The second-order valence-corrected chi connectivity index (χ2v) is 6.40. The van der Waals surface area contributed by atoms with Crippen molar-refractivity contribution < 1.29 is 4.79 Å². The van der Waals surface area contributed by atoms with Crippen molar-refractivity contribution in [1.82, 2.24) is 15.1 Å². The number of nitrogens with zero attached hydrogens (tertiary/aromatic N) is 3. The van der Waals surface area contributed by atoms with Gasteiger partial charge in [0, 0.05) is 37.4 Å². The Bertz CT molecular complexity index is 685. The summed E-state index contributed by atoms with van der Waals surface area (Å²) >= 11 is 6.12. The molecule has 23 heavy (non-hydrogen) atoms. The van der Waals surface area contributed by atoms with E-state index in [0.29, 0.717) is 11.4 Å². The lowest BCUT2D eigenvalue weighted by atomic mass is 10.0. The molecule has 1 fully saturated rings. The van der Waals surface area contributed by atoms with Crippen LogP contribution in [0.3, 0.4) is 0 Å². The zero-order chi connectivity index (χ0) is 16.2. The Morgan fingerprint density at radius 3 is 3.00 bits per heavy atom. The van der Waals surface area contributed by atoms with Crippen LogP contribution in [-0.2, 0) is 18.3 Å². The molecule has 0 bridgehead atoms. The van der Waals surface area contributed by atoms with Crippen LogP contribution in [0.25, 0.3) is 0 Å². The number of rotatable bonds is 4. The number of benzene rings is 1. The van der Waals surface area contributed by atoms with Gasteiger partial charge in [0.05, 0.1) is 18.3 Å². The van der Waals surface area contributed by atoms with Gasteiger partial charge in [0.25, 0.3) is 0 Å². The van der Waals surface area contributed by atoms with Crippen LogP contribution in [-0.4, -0.2) is 34.8 Å². The standard InChI is InChI=1S/C17H21ClN4O/c1-21-12-15(10-19-21)22-8-4-6-14(11-22)20-17(23)9-13-5-2-3-7-16(13)18/h2-3,5,7,10,12,14H,4,6,8-9,11H2,1H3,(H,20,23)/t14-/m1/s1. The summed E-state index contributed by atoms with van der Waals surface area (Å²) in [7, 11) is 1.91. The van der Waals surface area contributed by atoms with Crippen molar-refractivity contribution in [1.29, 1.82) is 0 Å². The molecule has 122 valence electrons. The highest BCUT2D eigenvalue weighted by Crippen LogP contribution is 2.19. The molecule has 2 heterocycles. The predicted octanol–water partition coefficient (Wildman–Crippen LogP) is 2.40. The third kappa shape index (κ3) is 4.05. The topological polar surface area (TPSA) is 50.2 Å². The molecule has 0 spiro atoms. The van der Waals surface area contributed by atoms with Gasteiger partial charge in [-0.3, -0.25) is 9.48 Å². The zero-order valence-electron chi connectivity index (χ0n) is 13.2. The Morgan fingerprint density at radius 1 is 1.43 bits per heavy atom. The summed E-state index contributed by atoms with van der Waals surface area (Å²) in [6.45, 7) is 1.82. The van der Waals surface area contributed by atoms with E-state index in [9.17, 15) is 4.79 Å². The Balaban J connectivity index is 1.57. The van der Waals surface area contributed by atoms with Gasteiger partial charge in [0.1, 0.15) is 0 Å². The summed E-state index contributed by atoms with van der Waals surface area (Å²) in [6.07, 6.45) is 6.27. The van der Waals surface area contributed by atoms with Gasteiger partial charge in [-0.05, 0) is 24.5 Å². The van der Waals surface area contributed by atoms with Crippen LogP contribution in [0.15, 0.2) is 36.7 Å². The van der Waals surface area contributed by atoms with Crippen molar-refractivity contribution in [3.63, 3.8) is 0 Å². The van der Waals surface area contributed by atoms with E-state index < -0.39 is 0 Å². The SMILES string of the molecule is Cn1cc(N2CCC[C@@H](NC(=O)Cc3ccccc3Cl)C2)cn1. The average Bonchev–Trinajstić information content (AvgIpc) is 2.96. The van der Waals surface area contributed by atoms with Crippen LogP contribution < -0.4 is 10.2 Å². The molecule has 1 aliphatic heterocycles. The first-order chi connectivity index (χ1) is 11.1. The monoisotopic (exact) mass is 332 g/mol. The van der Waals surface area contributed by atoms with Gasteiger partial charge in [-0.15, -0.1) is 0 Å². The van der Waals surface area contributed by atoms with Gasteiger partial charge in [0.15, 0.2) is 0 Å². The number of carbonyl (C=O) groups is 1. The summed E-state index contributed by atoms with van der Waals surface area (Å²) in [5.41, 5.74) is 1.98. The molecule has 1 aromatic heterocycles. The van der Waals surface area contributed by atoms with Crippen molar-refractivity contribution in [2.75, 3.05) is 18.0 Å². The molecule has 0 radical (unpaired) electrons. The van der Waals surface area contributed by atoms with Crippen molar-refractivity contribution in [2.45, 2.75) is 25.3 Å². The first kappa shape index (κ1) is 15.9. The minimum Gasteiger partial charge on any atom is -0.367 e. The maximum absolute atomic E-state index is 12.3. The fourth-order valence-electron chi connectivity index (χ4n) is 2.99. The van der Waals surface area contributed by atoms with E-state index in [1.807, 2.05) is 43.7 Å². The van der Waals surface area contributed by atoms with E-state index in [1.165, 1.54) is 0 Å². The molecule has 1 aliphatic rings. The molecule has 1 atom stereocenters. The van der Waals surface area contributed by atoms with Gasteiger partial charge in [-0.25, -0.2) is 0 Å². The van der Waals surface area contributed by atoms with Gasteiger partial charge < -0.3 is 10.2 Å². The normalized spacial score (nSPS) is 18.0. The molecule has 2 aromatic rings. The fraction of sp³-hybridized carbons (Fsp3) is 0.412. The van der Waals surface area contributed by atoms with Crippen molar-refractivity contribution in [2.24, 2.45) is 7.05 Å². The van der Waals surface area contributed by atoms with Crippen LogP contribution >= 0.6 is 11.6 Å². The number of amides is 1. The zero-order valence-corrected chi connectivity index (χ0v) is 14.0. The van der Waals surface area contributed by atoms with Crippen LogP contribution in [0, 0.1) is 0 Å². The van der Waals surface area contributed by atoms with Crippen LogP contribution in [0.5, 0.6) is 0 Å². The van der Waals surface area contributed by atoms with Gasteiger partial charge in [-0.1, -0.05) is 29.8 Å². The summed E-state index contributed by atoms with van der Waals surface area (Å²) in [6, 6.07) is 7.65. The molecule has 0 aliphatic carbocycles. The number of anilines is 1. The molecule has 1 aromatic carbocycles. The molecule has 0 unspecified atom stereocenters. The smallest absolute Gasteiger partial charge is 0.224 e. The second kappa shape index (κ2) is 7.04. The highest BCUT2D eigenvalue weighted by molar-refractivity contribution is 6.31. The maximum Gasteiger partial charge on any atom is 0.224 e. The summed E-state index contributed by atoms with van der Waals surface area (Å²) in [4.78, 5) is 14.6. The lowest BCUT2D eigenvalue weighted by molar-refractivity contribution is -0.121. The van der Waals surface area contributed by atoms with Gasteiger partial charge >= 0.3 is 0 Å². The third-order valence-corrected chi connectivity index (χ3v) is 4.52. The Hall–Kier alpha value is -2.01. The third-order valence-electron chi connectivity index (χ3n) is 4.15. The average molecular weight is 333 g/mol. The molecular weight excluding hydrogens is 312 g/mol. The second-order valence-electron chi connectivity index (χ2n) is 5.99. The number of aromatic nitrogens is 2. The van der Waals surface area contributed by atoms with Crippen molar-refractivity contribution in [3.05, 3.63) is 47.2 Å². The van der Waals surface area contributed by atoms with E-state index in [1.54, 1.807) is 4.68 Å². The summed E-state index contributed by atoms with van der Waals surface area (Å²) in [5, 5.41) is 7.99. The van der Waals surface area contributed by atoms with Gasteiger partial charge in [-0.2, -0.15) is 5.10 Å².